The smallest absolute Gasteiger partial charge is 0.230 e. The van der Waals surface area contributed by atoms with E-state index < -0.39 is 17.3 Å². The van der Waals surface area contributed by atoms with Crippen molar-refractivity contribution in [3.8, 4) is 0 Å². The molecule has 0 radical (unpaired) electrons. The number of rotatable bonds is 3. The Morgan fingerprint density at radius 3 is 2.48 bits per heavy atom. The fraction of sp³-hybridized carbons (Fsp3) is 0.105. The van der Waals surface area contributed by atoms with Crippen LogP contribution in [0.15, 0.2) is 58.8 Å². The molecule has 25 heavy (non-hydrogen) atoms. The molecule has 0 aliphatic heterocycles. The molecule has 0 fully saturated rings. The number of carbonyl (C=O) groups is 2. The van der Waals surface area contributed by atoms with Gasteiger partial charge in [0.2, 0.25) is 5.78 Å². The van der Waals surface area contributed by atoms with Gasteiger partial charge < -0.3 is 5.11 Å². The van der Waals surface area contributed by atoms with Crippen molar-refractivity contribution in [2.24, 2.45) is 4.99 Å². The van der Waals surface area contributed by atoms with E-state index in [-0.39, 0.29) is 27.4 Å². The van der Waals surface area contributed by atoms with Gasteiger partial charge in [-0.15, -0.1) is 0 Å². The zero-order valence-corrected chi connectivity index (χ0v) is 14.7. The van der Waals surface area contributed by atoms with Gasteiger partial charge in [-0.05, 0) is 25.1 Å². The molecule has 0 spiro atoms. The molecule has 126 valence electrons. The summed E-state index contributed by atoms with van der Waals surface area (Å²) in [7, 11) is 0. The standard InChI is InChI=1S/C19H13Cl2NO3/c1-2-22-16(10-5-3-6-11(20)9-10)15-17(23)12-7-4-8-13(21)14(12)18(24)19(15)25/h3-9,25H,2H2,1H3. The Kier molecular flexibility index (Phi) is 4.75. The molecule has 0 unspecified atom stereocenters. The quantitative estimate of drug-likeness (QED) is 0.793. The Balaban J connectivity index is 2.24. The highest BCUT2D eigenvalue weighted by molar-refractivity contribution is 6.43. The molecular weight excluding hydrogens is 361 g/mol. The topological polar surface area (TPSA) is 66.7 Å². The second-order valence-corrected chi connectivity index (χ2v) is 6.22. The molecule has 1 aliphatic rings. The van der Waals surface area contributed by atoms with Crippen LogP contribution in [-0.2, 0) is 0 Å². The summed E-state index contributed by atoms with van der Waals surface area (Å²) >= 11 is 12.1. The van der Waals surface area contributed by atoms with Gasteiger partial charge in [-0.3, -0.25) is 14.6 Å². The van der Waals surface area contributed by atoms with Crippen molar-refractivity contribution in [3.05, 3.63) is 80.5 Å². The van der Waals surface area contributed by atoms with Crippen LogP contribution in [0.2, 0.25) is 10.0 Å². The molecule has 0 amide bonds. The number of carbonyl (C=O) groups excluding carboxylic acids is 2. The summed E-state index contributed by atoms with van der Waals surface area (Å²) in [5, 5.41) is 11.0. The van der Waals surface area contributed by atoms with Gasteiger partial charge in [0.25, 0.3) is 0 Å². The van der Waals surface area contributed by atoms with Crippen molar-refractivity contribution in [1.82, 2.24) is 0 Å². The fourth-order valence-corrected chi connectivity index (χ4v) is 3.20. The van der Waals surface area contributed by atoms with E-state index >= 15 is 0 Å². The summed E-state index contributed by atoms with van der Waals surface area (Å²) in [6, 6.07) is 11.3. The third-order valence-electron chi connectivity index (χ3n) is 3.82. The van der Waals surface area contributed by atoms with E-state index in [9.17, 15) is 14.7 Å². The zero-order valence-electron chi connectivity index (χ0n) is 13.2. The zero-order chi connectivity index (χ0) is 18.1. The van der Waals surface area contributed by atoms with Crippen molar-refractivity contribution in [2.45, 2.75) is 6.92 Å². The summed E-state index contributed by atoms with van der Waals surface area (Å²) in [6.45, 7) is 2.16. The molecule has 0 saturated heterocycles. The molecule has 1 N–H and O–H groups in total. The molecule has 0 bridgehead atoms. The van der Waals surface area contributed by atoms with Crippen LogP contribution >= 0.6 is 23.2 Å². The van der Waals surface area contributed by atoms with Crippen LogP contribution in [-0.4, -0.2) is 28.9 Å². The number of hydrogen-bond acceptors (Lipinski definition) is 4. The fourth-order valence-electron chi connectivity index (χ4n) is 2.75. The van der Waals surface area contributed by atoms with Gasteiger partial charge in [-0.2, -0.15) is 0 Å². The van der Waals surface area contributed by atoms with E-state index in [1.807, 2.05) is 0 Å². The minimum atomic E-state index is -0.693. The Morgan fingerprint density at radius 2 is 1.80 bits per heavy atom. The van der Waals surface area contributed by atoms with Crippen LogP contribution in [0, 0.1) is 0 Å². The third kappa shape index (κ3) is 2.99. The van der Waals surface area contributed by atoms with Gasteiger partial charge >= 0.3 is 0 Å². The molecule has 0 heterocycles. The third-order valence-corrected chi connectivity index (χ3v) is 4.37. The Labute approximate surface area is 154 Å². The number of halogens is 2. The molecule has 2 aromatic carbocycles. The predicted molar refractivity (Wildman–Crippen MR) is 98.3 cm³/mol. The number of Topliss-reactive ketones (excluding diaryl/α,β-unsaturated/α-hetero) is 2. The Morgan fingerprint density at radius 1 is 1.08 bits per heavy atom. The monoisotopic (exact) mass is 373 g/mol. The number of benzene rings is 2. The average Bonchev–Trinajstić information content (AvgIpc) is 2.59. The summed E-state index contributed by atoms with van der Waals surface area (Å²) in [5.41, 5.74) is 0.798. The average molecular weight is 374 g/mol. The van der Waals surface area contributed by atoms with Gasteiger partial charge in [-0.1, -0.05) is 47.5 Å². The first-order valence-corrected chi connectivity index (χ1v) is 8.33. The van der Waals surface area contributed by atoms with Gasteiger partial charge in [0, 0.05) is 22.7 Å². The molecule has 0 saturated carbocycles. The molecule has 0 atom stereocenters. The van der Waals surface area contributed by atoms with Crippen LogP contribution in [0.25, 0.3) is 0 Å². The highest BCUT2D eigenvalue weighted by Crippen LogP contribution is 2.32. The number of fused-ring (bicyclic) bond motifs is 1. The Bertz CT molecular complexity index is 961. The van der Waals surface area contributed by atoms with E-state index in [1.165, 1.54) is 12.1 Å². The van der Waals surface area contributed by atoms with Crippen molar-refractivity contribution in [3.63, 3.8) is 0 Å². The van der Waals surface area contributed by atoms with Gasteiger partial charge in [-0.25, -0.2) is 0 Å². The lowest BCUT2D eigenvalue weighted by Gasteiger charge is -2.20. The molecular formula is C19H13Cl2NO3. The van der Waals surface area contributed by atoms with Crippen LogP contribution < -0.4 is 0 Å². The molecule has 2 aromatic rings. The largest absolute Gasteiger partial charge is 0.504 e. The van der Waals surface area contributed by atoms with Crippen molar-refractivity contribution in [2.75, 3.05) is 6.54 Å². The minimum absolute atomic E-state index is 0.0114. The SMILES string of the molecule is CCN=C(C1=C(O)C(=O)c2c(Cl)cccc2C1=O)c1cccc(Cl)c1. The molecule has 3 rings (SSSR count). The summed E-state index contributed by atoms with van der Waals surface area (Å²) in [4.78, 5) is 29.9. The van der Waals surface area contributed by atoms with Crippen molar-refractivity contribution >= 4 is 40.5 Å². The molecule has 1 aliphatic carbocycles. The van der Waals surface area contributed by atoms with E-state index in [1.54, 1.807) is 37.3 Å². The number of aliphatic imine (C=N–C) groups is 1. The number of ketones is 2. The van der Waals surface area contributed by atoms with Gasteiger partial charge in [0.05, 0.1) is 21.9 Å². The summed E-state index contributed by atoms with van der Waals surface area (Å²) < 4.78 is 0. The number of aliphatic hydroxyl groups is 1. The number of nitrogens with zero attached hydrogens (tertiary/aromatic N) is 1. The minimum Gasteiger partial charge on any atom is -0.504 e. The van der Waals surface area contributed by atoms with Crippen LogP contribution in [0.5, 0.6) is 0 Å². The van der Waals surface area contributed by atoms with Crippen LogP contribution in [0.3, 0.4) is 0 Å². The van der Waals surface area contributed by atoms with E-state index in [0.717, 1.165) is 0 Å². The van der Waals surface area contributed by atoms with E-state index in [0.29, 0.717) is 17.1 Å². The number of aliphatic hydroxyl groups excluding tert-OH is 1. The maximum atomic E-state index is 13.0. The maximum Gasteiger partial charge on any atom is 0.230 e. The lowest BCUT2D eigenvalue weighted by molar-refractivity contribution is 0.0934. The first-order valence-electron chi connectivity index (χ1n) is 7.57. The second kappa shape index (κ2) is 6.82. The predicted octanol–water partition coefficient (Wildman–Crippen LogP) is 4.69. The van der Waals surface area contributed by atoms with Gasteiger partial charge in [0.1, 0.15) is 0 Å². The van der Waals surface area contributed by atoms with Crippen molar-refractivity contribution in [1.29, 1.82) is 0 Å². The first-order chi connectivity index (χ1) is 12.0. The van der Waals surface area contributed by atoms with E-state index in [2.05, 4.69) is 4.99 Å². The summed E-state index contributed by atoms with van der Waals surface area (Å²) in [6.07, 6.45) is 0. The van der Waals surface area contributed by atoms with E-state index in [4.69, 9.17) is 23.2 Å². The number of hydrogen-bond donors (Lipinski definition) is 1. The second-order valence-electron chi connectivity index (χ2n) is 5.38. The molecule has 4 nitrogen and oxygen atoms in total. The lowest BCUT2D eigenvalue weighted by atomic mass is 9.84. The normalized spacial score (nSPS) is 14.8. The number of allylic oxidation sites excluding steroid dienone is 2. The van der Waals surface area contributed by atoms with Crippen LogP contribution in [0.4, 0.5) is 0 Å². The van der Waals surface area contributed by atoms with Gasteiger partial charge in [0.15, 0.2) is 11.5 Å². The first kappa shape index (κ1) is 17.4. The highest BCUT2D eigenvalue weighted by Gasteiger charge is 2.36. The maximum absolute atomic E-state index is 13.0. The van der Waals surface area contributed by atoms with Crippen LogP contribution in [0.1, 0.15) is 33.2 Å². The highest BCUT2D eigenvalue weighted by atomic mass is 35.5. The van der Waals surface area contributed by atoms with Crippen molar-refractivity contribution < 1.29 is 14.7 Å². The molecule has 6 heteroatoms. The summed E-state index contributed by atoms with van der Waals surface area (Å²) in [5.74, 6) is -1.85. The Hall–Kier alpha value is -2.43. The lowest BCUT2D eigenvalue weighted by Crippen LogP contribution is -2.27. The molecule has 0 aromatic heterocycles.